The number of hydrogen-bond acceptors (Lipinski definition) is 4. The Morgan fingerprint density at radius 2 is 1.74 bits per heavy atom. The van der Waals surface area contributed by atoms with E-state index in [-0.39, 0.29) is 19.3 Å². The molecule has 7 heteroatoms. The molecule has 0 spiro atoms. The lowest BCUT2D eigenvalue weighted by atomic mass is 9.92. The smallest absolute Gasteiger partial charge is 0.326 e. The third-order valence-electron chi connectivity index (χ3n) is 3.20. The molecule has 0 aliphatic heterocycles. The van der Waals surface area contributed by atoms with Crippen LogP contribution in [-0.4, -0.2) is 39.6 Å². The molecule has 0 saturated heterocycles. The monoisotopic (exact) mass is 274 g/mol. The van der Waals surface area contributed by atoms with E-state index < -0.39 is 29.4 Å². The molecule has 0 heterocycles. The third-order valence-corrected chi connectivity index (χ3v) is 3.20. The number of rotatable bonds is 9. The molecule has 5 N–H and O–H groups in total. The molecule has 0 radical (unpaired) electrons. The number of amides is 1. The predicted octanol–water partition coefficient (Wildman–Crippen LogP) is 0.328. The van der Waals surface area contributed by atoms with E-state index in [4.69, 9.17) is 15.9 Å². The highest BCUT2D eigenvalue weighted by Gasteiger charge is 2.32. The maximum absolute atomic E-state index is 11.9. The summed E-state index contributed by atoms with van der Waals surface area (Å²) in [5.74, 6) is -2.70. The van der Waals surface area contributed by atoms with Crippen molar-refractivity contribution in [3.05, 3.63) is 0 Å². The van der Waals surface area contributed by atoms with Gasteiger partial charge in [-0.25, -0.2) is 4.79 Å². The molecule has 0 bridgehead atoms. The fraction of sp³-hybridized carbons (Fsp3) is 0.750. The quantitative estimate of drug-likeness (QED) is 0.479. The van der Waals surface area contributed by atoms with Crippen molar-refractivity contribution in [2.45, 2.75) is 57.5 Å². The van der Waals surface area contributed by atoms with Crippen LogP contribution in [0.25, 0.3) is 0 Å². The molecule has 0 aliphatic rings. The normalized spacial score (nSPS) is 12.8. The topological polar surface area (TPSA) is 130 Å². The highest BCUT2D eigenvalue weighted by Crippen LogP contribution is 2.12. The summed E-state index contributed by atoms with van der Waals surface area (Å²) in [7, 11) is 0. The van der Waals surface area contributed by atoms with Crippen LogP contribution in [0.4, 0.5) is 0 Å². The number of nitrogens with two attached hydrogens (primary N) is 1. The predicted molar refractivity (Wildman–Crippen MR) is 68.6 cm³/mol. The molecule has 0 aliphatic carbocycles. The maximum atomic E-state index is 11.9. The van der Waals surface area contributed by atoms with Gasteiger partial charge in [0.05, 0.1) is 5.54 Å². The zero-order valence-corrected chi connectivity index (χ0v) is 11.3. The molecular formula is C12H22N2O5. The molecule has 19 heavy (non-hydrogen) atoms. The first kappa shape index (κ1) is 17.4. The SMILES string of the molecule is CCC(N)(CC)C(=O)N[C@H](CCCC(=O)O)C(=O)O. The van der Waals surface area contributed by atoms with Gasteiger partial charge in [0, 0.05) is 6.42 Å². The Kier molecular flexibility index (Phi) is 7.06. The van der Waals surface area contributed by atoms with Gasteiger partial charge < -0.3 is 21.3 Å². The Morgan fingerprint density at radius 3 is 2.11 bits per heavy atom. The lowest BCUT2D eigenvalue weighted by molar-refractivity contribution is -0.143. The number of hydrogen-bond donors (Lipinski definition) is 4. The highest BCUT2D eigenvalue weighted by molar-refractivity contribution is 5.89. The van der Waals surface area contributed by atoms with Crippen LogP contribution in [0.1, 0.15) is 46.0 Å². The van der Waals surface area contributed by atoms with Crippen LogP contribution in [0, 0.1) is 0 Å². The van der Waals surface area contributed by atoms with E-state index in [0.717, 1.165) is 0 Å². The summed E-state index contributed by atoms with van der Waals surface area (Å²) in [5.41, 5.74) is 4.78. The molecule has 0 aromatic carbocycles. The van der Waals surface area contributed by atoms with Gasteiger partial charge in [0.25, 0.3) is 0 Å². The van der Waals surface area contributed by atoms with Gasteiger partial charge in [-0.15, -0.1) is 0 Å². The molecular weight excluding hydrogens is 252 g/mol. The van der Waals surface area contributed by atoms with Crippen molar-refractivity contribution in [1.82, 2.24) is 5.32 Å². The van der Waals surface area contributed by atoms with Crippen molar-refractivity contribution in [2.24, 2.45) is 5.73 Å². The van der Waals surface area contributed by atoms with Gasteiger partial charge in [0.15, 0.2) is 0 Å². The molecule has 0 aromatic rings. The van der Waals surface area contributed by atoms with Gasteiger partial charge in [0.2, 0.25) is 5.91 Å². The van der Waals surface area contributed by atoms with Crippen LogP contribution in [0.15, 0.2) is 0 Å². The number of carboxylic acid groups (broad SMARTS) is 2. The Balaban J connectivity index is 4.54. The van der Waals surface area contributed by atoms with E-state index in [2.05, 4.69) is 5.32 Å². The summed E-state index contributed by atoms with van der Waals surface area (Å²) < 4.78 is 0. The number of aliphatic carboxylic acids is 2. The molecule has 0 aromatic heterocycles. The molecule has 0 rings (SSSR count). The van der Waals surface area contributed by atoms with Gasteiger partial charge >= 0.3 is 11.9 Å². The van der Waals surface area contributed by atoms with Crippen LogP contribution in [-0.2, 0) is 14.4 Å². The first-order chi connectivity index (χ1) is 8.76. The molecule has 0 unspecified atom stereocenters. The first-order valence-corrected chi connectivity index (χ1v) is 6.31. The average Bonchev–Trinajstić information content (AvgIpc) is 2.35. The molecule has 7 nitrogen and oxygen atoms in total. The van der Waals surface area contributed by atoms with Crippen LogP contribution < -0.4 is 11.1 Å². The number of carboxylic acids is 2. The van der Waals surface area contributed by atoms with E-state index in [0.29, 0.717) is 12.8 Å². The van der Waals surface area contributed by atoms with Gasteiger partial charge in [0.1, 0.15) is 6.04 Å². The fourth-order valence-electron chi connectivity index (χ4n) is 1.59. The van der Waals surface area contributed by atoms with Crippen LogP contribution in [0.3, 0.4) is 0 Å². The molecule has 110 valence electrons. The van der Waals surface area contributed by atoms with Crippen molar-refractivity contribution in [3.8, 4) is 0 Å². The van der Waals surface area contributed by atoms with Gasteiger partial charge in [-0.2, -0.15) is 0 Å². The zero-order chi connectivity index (χ0) is 15.1. The number of nitrogens with one attached hydrogen (secondary N) is 1. The van der Waals surface area contributed by atoms with Gasteiger partial charge in [-0.1, -0.05) is 13.8 Å². The van der Waals surface area contributed by atoms with Crippen LogP contribution >= 0.6 is 0 Å². The van der Waals surface area contributed by atoms with Gasteiger partial charge in [-0.05, 0) is 25.7 Å². The Hall–Kier alpha value is -1.63. The second kappa shape index (κ2) is 7.73. The maximum Gasteiger partial charge on any atom is 0.326 e. The Labute approximate surface area is 112 Å². The van der Waals surface area contributed by atoms with E-state index >= 15 is 0 Å². The molecule has 0 fully saturated rings. The molecule has 0 saturated carbocycles. The van der Waals surface area contributed by atoms with Crippen molar-refractivity contribution >= 4 is 17.8 Å². The van der Waals surface area contributed by atoms with E-state index in [1.54, 1.807) is 13.8 Å². The second-order valence-corrected chi connectivity index (χ2v) is 4.51. The van der Waals surface area contributed by atoms with E-state index in [1.165, 1.54) is 0 Å². The third kappa shape index (κ3) is 5.69. The first-order valence-electron chi connectivity index (χ1n) is 6.31. The lowest BCUT2D eigenvalue weighted by Gasteiger charge is -2.27. The second-order valence-electron chi connectivity index (χ2n) is 4.51. The number of carbonyl (C=O) groups excluding carboxylic acids is 1. The van der Waals surface area contributed by atoms with Gasteiger partial charge in [-0.3, -0.25) is 9.59 Å². The standard InChI is InChI=1S/C12H22N2O5/c1-3-12(13,4-2)11(19)14-8(10(17)18)6-5-7-9(15)16/h8H,3-7,13H2,1-2H3,(H,14,19)(H,15,16)(H,17,18)/t8-/m1/s1. The largest absolute Gasteiger partial charge is 0.481 e. The van der Waals surface area contributed by atoms with Crippen LogP contribution in [0.2, 0.25) is 0 Å². The molecule has 1 atom stereocenters. The summed E-state index contributed by atoms with van der Waals surface area (Å²) in [5, 5.41) is 19.9. The molecule has 1 amide bonds. The summed E-state index contributed by atoms with van der Waals surface area (Å²) in [6.07, 6.45) is 0.919. The Morgan fingerprint density at radius 1 is 1.21 bits per heavy atom. The summed E-state index contributed by atoms with van der Waals surface area (Å²) in [6, 6.07) is -1.10. The zero-order valence-electron chi connectivity index (χ0n) is 11.3. The summed E-state index contributed by atoms with van der Waals surface area (Å²) in [6.45, 7) is 3.51. The van der Waals surface area contributed by atoms with Crippen molar-refractivity contribution in [2.75, 3.05) is 0 Å². The summed E-state index contributed by atoms with van der Waals surface area (Å²) >= 11 is 0. The van der Waals surface area contributed by atoms with Crippen molar-refractivity contribution in [1.29, 1.82) is 0 Å². The lowest BCUT2D eigenvalue weighted by Crippen LogP contribution is -2.56. The highest BCUT2D eigenvalue weighted by atomic mass is 16.4. The minimum atomic E-state index is -1.19. The van der Waals surface area contributed by atoms with Crippen molar-refractivity contribution in [3.63, 3.8) is 0 Å². The Bertz CT molecular complexity index is 339. The van der Waals surface area contributed by atoms with E-state index in [1.807, 2.05) is 0 Å². The average molecular weight is 274 g/mol. The minimum Gasteiger partial charge on any atom is -0.481 e. The van der Waals surface area contributed by atoms with Crippen molar-refractivity contribution < 1.29 is 24.6 Å². The van der Waals surface area contributed by atoms with Crippen LogP contribution in [0.5, 0.6) is 0 Å². The fourth-order valence-corrected chi connectivity index (χ4v) is 1.59. The van der Waals surface area contributed by atoms with E-state index in [9.17, 15) is 14.4 Å². The number of carbonyl (C=O) groups is 3. The summed E-state index contributed by atoms with van der Waals surface area (Å²) in [4.78, 5) is 33.3. The minimum absolute atomic E-state index is 0.0664.